The zero-order chi connectivity index (χ0) is 13.2. The van der Waals surface area contributed by atoms with Crippen molar-refractivity contribution in [1.82, 2.24) is 10.1 Å². The summed E-state index contributed by atoms with van der Waals surface area (Å²) < 4.78 is 4.87. The predicted molar refractivity (Wildman–Crippen MR) is 75.9 cm³/mol. The van der Waals surface area contributed by atoms with Crippen molar-refractivity contribution >= 4 is 17.5 Å². The van der Waals surface area contributed by atoms with Crippen LogP contribution in [0, 0.1) is 0 Å². The molecule has 0 saturated carbocycles. The highest BCUT2D eigenvalue weighted by Crippen LogP contribution is 2.27. The summed E-state index contributed by atoms with van der Waals surface area (Å²) in [5, 5.41) is 4.66. The summed E-state index contributed by atoms with van der Waals surface area (Å²) in [7, 11) is 0. The van der Waals surface area contributed by atoms with Gasteiger partial charge in [-0.2, -0.15) is 0 Å². The van der Waals surface area contributed by atoms with Crippen LogP contribution in [0.5, 0.6) is 0 Å². The molecule has 1 aromatic heterocycles. The molecule has 2 aromatic rings. The average Bonchev–Trinajstić information content (AvgIpc) is 3.03. The van der Waals surface area contributed by atoms with E-state index in [2.05, 4.69) is 16.1 Å². The van der Waals surface area contributed by atoms with Gasteiger partial charge in [-0.25, -0.2) is 0 Å². The van der Waals surface area contributed by atoms with Gasteiger partial charge in [0.25, 0.3) is 0 Å². The molecule has 0 radical (unpaired) electrons. The molecule has 2 heterocycles. The topological polar surface area (TPSA) is 55.3 Å². The molecule has 0 amide bonds. The third kappa shape index (κ3) is 2.74. The van der Waals surface area contributed by atoms with Crippen molar-refractivity contribution in [2.75, 3.05) is 18.8 Å². The molecule has 100 valence electrons. The maximum Gasteiger partial charge on any atom is 0.222 e. The number of hydrogen-bond acceptors (Lipinski definition) is 4. The van der Waals surface area contributed by atoms with Gasteiger partial charge in [-0.3, -0.25) is 4.90 Å². The van der Waals surface area contributed by atoms with E-state index in [1.54, 1.807) is 6.07 Å². The Bertz CT molecular complexity index is 576. The third-order valence-electron chi connectivity index (χ3n) is 3.47. The zero-order valence-electron chi connectivity index (χ0n) is 10.6. The van der Waals surface area contributed by atoms with Crippen LogP contribution in [0.25, 0.3) is 11.3 Å². The number of benzene rings is 1. The normalized spacial score (nSPS) is 16.1. The molecule has 1 aliphatic rings. The Balaban J connectivity index is 1.81. The first-order valence-electron chi connectivity index (χ1n) is 6.46. The quantitative estimate of drug-likeness (QED) is 0.936. The van der Waals surface area contributed by atoms with Gasteiger partial charge < -0.3 is 10.3 Å². The van der Waals surface area contributed by atoms with Crippen molar-refractivity contribution in [2.45, 2.75) is 19.4 Å². The monoisotopic (exact) mass is 277 g/mol. The minimum atomic E-state index is 0.312. The van der Waals surface area contributed by atoms with Crippen LogP contribution in [0.15, 0.2) is 28.8 Å². The smallest absolute Gasteiger partial charge is 0.222 e. The Morgan fingerprint density at radius 2 is 2.05 bits per heavy atom. The molecule has 1 fully saturated rings. The second kappa shape index (κ2) is 5.23. The summed E-state index contributed by atoms with van der Waals surface area (Å²) in [6.45, 7) is 3.25. The van der Waals surface area contributed by atoms with Gasteiger partial charge in [0.2, 0.25) is 5.88 Å². The van der Waals surface area contributed by atoms with Crippen LogP contribution in [-0.2, 0) is 6.54 Å². The fourth-order valence-electron chi connectivity index (χ4n) is 2.44. The van der Waals surface area contributed by atoms with Gasteiger partial charge in [0, 0.05) is 23.2 Å². The Labute approximate surface area is 117 Å². The number of aromatic nitrogens is 1. The van der Waals surface area contributed by atoms with Crippen molar-refractivity contribution in [2.24, 2.45) is 0 Å². The summed E-state index contributed by atoms with van der Waals surface area (Å²) in [6.07, 6.45) is 2.57. The van der Waals surface area contributed by atoms with Gasteiger partial charge in [0.1, 0.15) is 5.69 Å². The Morgan fingerprint density at radius 3 is 2.68 bits per heavy atom. The average molecular weight is 278 g/mol. The molecule has 0 spiro atoms. The van der Waals surface area contributed by atoms with E-state index in [0.717, 1.165) is 35.8 Å². The summed E-state index contributed by atoms with van der Waals surface area (Å²) in [5.41, 5.74) is 8.32. The van der Waals surface area contributed by atoms with Crippen molar-refractivity contribution in [1.29, 1.82) is 0 Å². The highest BCUT2D eigenvalue weighted by Gasteiger charge is 2.14. The molecule has 0 atom stereocenters. The molecule has 4 nitrogen and oxygen atoms in total. The van der Waals surface area contributed by atoms with Gasteiger partial charge in [-0.1, -0.05) is 28.9 Å². The van der Waals surface area contributed by atoms with Gasteiger partial charge >= 0.3 is 0 Å². The lowest BCUT2D eigenvalue weighted by Gasteiger charge is -2.15. The van der Waals surface area contributed by atoms with Crippen LogP contribution in [-0.4, -0.2) is 23.1 Å². The number of likely N-dealkylation sites (tertiary alicyclic amines) is 1. The van der Waals surface area contributed by atoms with Crippen molar-refractivity contribution < 1.29 is 4.52 Å². The molecule has 0 aliphatic carbocycles. The summed E-state index contributed by atoms with van der Waals surface area (Å²) in [5.74, 6) is 0.312. The molecule has 1 aromatic carbocycles. The number of rotatable bonds is 3. The number of hydrogen-bond donors (Lipinski definition) is 1. The minimum Gasteiger partial charge on any atom is -0.368 e. The molecule has 1 aliphatic heterocycles. The molecule has 1 saturated heterocycles. The summed E-state index contributed by atoms with van der Waals surface area (Å²) >= 11 is 6.35. The number of nitrogen functional groups attached to an aromatic ring is 1. The van der Waals surface area contributed by atoms with E-state index in [4.69, 9.17) is 21.9 Å². The molecular formula is C14H16ClN3O. The molecule has 3 rings (SSSR count). The van der Waals surface area contributed by atoms with E-state index >= 15 is 0 Å². The van der Waals surface area contributed by atoms with Gasteiger partial charge in [0.05, 0.1) is 0 Å². The number of nitrogens with two attached hydrogens (primary N) is 1. The second-order valence-corrected chi connectivity index (χ2v) is 5.31. The lowest BCUT2D eigenvalue weighted by molar-refractivity contribution is 0.331. The highest BCUT2D eigenvalue weighted by atomic mass is 35.5. The van der Waals surface area contributed by atoms with Crippen molar-refractivity contribution in [3.05, 3.63) is 34.9 Å². The van der Waals surface area contributed by atoms with Crippen LogP contribution >= 0.6 is 11.6 Å². The second-order valence-electron chi connectivity index (χ2n) is 4.90. The van der Waals surface area contributed by atoms with E-state index in [0.29, 0.717) is 11.6 Å². The molecule has 2 N–H and O–H groups in total. The first kappa shape index (κ1) is 12.5. The molecule has 0 bridgehead atoms. The molecular weight excluding hydrogens is 262 g/mol. The first-order valence-corrected chi connectivity index (χ1v) is 6.83. The zero-order valence-corrected chi connectivity index (χ0v) is 11.4. The number of halogens is 1. The maximum atomic E-state index is 6.35. The Morgan fingerprint density at radius 1 is 1.26 bits per heavy atom. The summed E-state index contributed by atoms with van der Waals surface area (Å²) in [4.78, 5) is 2.43. The summed E-state index contributed by atoms with van der Waals surface area (Å²) in [6, 6.07) is 7.69. The van der Waals surface area contributed by atoms with E-state index in [1.807, 2.05) is 12.1 Å². The minimum absolute atomic E-state index is 0.312. The highest BCUT2D eigenvalue weighted by molar-refractivity contribution is 6.31. The van der Waals surface area contributed by atoms with Crippen LogP contribution in [0.2, 0.25) is 5.02 Å². The fraction of sp³-hybridized carbons (Fsp3) is 0.357. The van der Waals surface area contributed by atoms with Crippen LogP contribution in [0.1, 0.15) is 18.4 Å². The SMILES string of the molecule is Nc1cc(-c2ccc(CN3CCCC3)c(Cl)c2)no1. The van der Waals surface area contributed by atoms with Crippen LogP contribution < -0.4 is 5.73 Å². The van der Waals surface area contributed by atoms with E-state index in [1.165, 1.54) is 12.8 Å². The predicted octanol–water partition coefficient (Wildman–Crippen LogP) is 3.17. The standard InChI is InChI=1S/C14H16ClN3O/c15-12-7-10(13-8-14(16)19-17-13)3-4-11(12)9-18-5-1-2-6-18/h3-4,7-8H,1-2,5-6,9,16H2. The largest absolute Gasteiger partial charge is 0.368 e. The Hall–Kier alpha value is -1.52. The lowest BCUT2D eigenvalue weighted by Crippen LogP contribution is -2.18. The van der Waals surface area contributed by atoms with Gasteiger partial charge in [0.15, 0.2) is 0 Å². The van der Waals surface area contributed by atoms with E-state index in [9.17, 15) is 0 Å². The molecule has 0 unspecified atom stereocenters. The maximum absolute atomic E-state index is 6.35. The number of anilines is 1. The van der Waals surface area contributed by atoms with Crippen LogP contribution in [0.4, 0.5) is 5.88 Å². The Kier molecular flexibility index (Phi) is 3.44. The first-order chi connectivity index (χ1) is 9.22. The van der Waals surface area contributed by atoms with E-state index in [-0.39, 0.29) is 0 Å². The fourth-order valence-corrected chi connectivity index (χ4v) is 2.68. The van der Waals surface area contributed by atoms with Gasteiger partial charge in [-0.15, -0.1) is 0 Å². The van der Waals surface area contributed by atoms with Gasteiger partial charge in [-0.05, 0) is 37.6 Å². The molecule has 19 heavy (non-hydrogen) atoms. The lowest BCUT2D eigenvalue weighted by atomic mass is 10.1. The third-order valence-corrected chi connectivity index (χ3v) is 3.82. The van der Waals surface area contributed by atoms with Crippen LogP contribution in [0.3, 0.4) is 0 Å². The molecule has 5 heteroatoms. The van der Waals surface area contributed by atoms with Crippen molar-refractivity contribution in [3.8, 4) is 11.3 Å². The van der Waals surface area contributed by atoms with Crippen molar-refractivity contribution in [3.63, 3.8) is 0 Å². The van der Waals surface area contributed by atoms with E-state index < -0.39 is 0 Å². The number of nitrogens with zero attached hydrogens (tertiary/aromatic N) is 2.